The lowest BCUT2D eigenvalue weighted by molar-refractivity contribution is -0.116. The molecule has 0 aliphatic carbocycles. The number of carbonyl (C=O) groups excluding carboxylic acids is 1. The summed E-state index contributed by atoms with van der Waals surface area (Å²) in [5.41, 5.74) is 5.94. The Balaban J connectivity index is 2.03. The first kappa shape index (κ1) is 12.6. The Hall–Kier alpha value is -1.89. The Bertz CT molecular complexity index is 584. The molecule has 0 spiro atoms. The van der Waals surface area contributed by atoms with Crippen molar-refractivity contribution < 1.29 is 9.18 Å². The summed E-state index contributed by atoms with van der Waals surface area (Å²) in [6.45, 7) is 0.0427. The van der Waals surface area contributed by atoms with Gasteiger partial charge in [-0.15, -0.1) is 0 Å². The van der Waals surface area contributed by atoms with E-state index in [2.05, 4.69) is 26.3 Å². The van der Waals surface area contributed by atoms with Gasteiger partial charge < -0.3 is 11.1 Å². The lowest BCUT2D eigenvalue weighted by atomic mass is 10.3. The molecular formula is C11H10BrFN4O. The Morgan fingerprint density at radius 2 is 2.28 bits per heavy atom. The number of nitrogen functional groups attached to an aromatic ring is 1. The Labute approximate surface area is 111 Å². The zero-order valence-electron chi connectivity index (χ0n) is 9.23. The normalized spacial score (nSPS) is 10.3. The van der Waals surface area contributed by atoms with E-state index in [1.54, 1.807) is 12.3 Å². The van der Waals surface area contributed by atoms with E-state index in [9.17, 15) is 9.18 Å². The monoisotopic (exact) mass is 312 g/mol. The molecular weight excluding hydrogens is 303 g/mol. The van der Waals surface area contributed by atoms with Gasteiger partial charge in [0.15, 0.2) is 0 Å². The second kappa shape index (κ2) is 5.18. The van der Waals surface area contributed by atoms with E-state index in [0.29, 0.717) is 16.0 Å². The van der Waals surface area contributed by atoms with Gasteiger partial charge >= 0.3 is 0 Å². The standard InChI is InChI=1S/C11H10BrFN4O/c12-8-5-7(13)1-2-9(8)15-11(18)6-17-4-3-10(14)16-17/h1-5H,6H2,(H2,14,16)(H,15,18). The molecule has 18 heavy (non-hydrogen) atoms. The van der Waals surface area contributed by atoms with Gasteiger partial charge in [-0.2, -0.15) is 5.10 Å². The highest BCUT2D eigenvalue weighted by atomic mass is 79.9. The molecule has 2 aromatic rings. The van der Waals surface area contributed by atoms with E-state index in [0.717, 1.165) is 0 Å². The summed E-state index contributed by atoms with van der Waals surface area (Å²) in [5, 5.41) is 6.53. The molecule has 0 fully saturated rings. The highest BCUT2D eigenvalue weighted by Gasteiger charge is 2.07. The van der Waals surface area contributed by atoms with E-state index >= 15 is 0 Å². The van der Waals surface area contributed by atoms with Crippen LogP contribution >= 0.6 is 15.9 Å². The van der Waals surface area contributed by atoms with E-state index in [4.69, 9.17) is 5.73 Å². The molecule has 0 saturated carbocycles. The topological polar surface area (TPSA) is 72.9 Å². The minimum absolute atomic E-state index is 0.0427. The molecule has 1 aromatic heterocycles. The van der Waals surface area contributed by atoms with Crippen molar-refractivity contribution in [1.29, 1.82) is 0 Å². The van der Waals surface area contributed by atoms with Gasteiger partial charge in [-0.05, 0) is 40.2 Å². The van der Waals surface area contributed by atoms with Crippen LogP contribution in [-0.4, -0.2) is 15.7 Å². The van der Waals surface area contributed by atoms with Crippen LogP contribution in [0, 0.1) is 5.82 Å². The second-order valence-corrected chi connectivity index (χ2v) is 4.46. The summed E-state index contributed by atoms with van der Waals surface area (Å²) in [7, 11) is 0. The molecule has 1 heterocycles. The van der Waals surface area contributed by atoms with Crippen LogP contribution in [0.25, 0.3) is 0 Å². The van der Waals surface area contributed by atoms with Crippen molar-refractivity contribution in [2.45, 2.75) is 6.54 Å². The van der Waals surface area contributed by atoms with Gasteiger partial charge in [0.1, 0.15) is 18.2 Å². The first-order valence-corrected chi connectivity index (χ1v) is 5.88. The van der Waals surface area contributed by atoms with Crippen LogP contribution in [-0.2, 0) is 11.3 Å². The molecule has 1 aromatic carbocycles. The minimum atomic E-state index is -0.375. The van der Waals surface area contributed by atoms with Crippen LogP contribution in [0.1, 0.15) is 0 Å². The van der Waals surface area contributed by atoms with Crippen LogP contribution in [0.3, 0.4) is 0 Å². The zero-order valence-corrected chi connectivity index (χ0v) is 10.8. The molecule has 0 saturated heterocycles. The lowest BCUT2D eigenvalue weighted by Gasteiger charge is -2.07. The fraction of sp³-hybridized carbons (Fsp3) is 0.0909. The molecule has 5 nitrogen and oxygen atoms in total. The third-order valence-corrected chi connectivity index (χ3v) is 2.83. The number of hydrogen-bond donors (Lipinski definition) is 2. The van der Waals surface area contributed by atoms with Crippen LogP contribution in [0.4, 0.5) is 15.9 Å². The second-order valence-electron chi connectivity index (χ2n) is 3.61. The molecule has 0 unspecified atom stereocenters. The van der Waals surface area contributed by atoms with E-state index in [1.165, 1.54) is 22.9 Å². The molecule has 0 aliphatic rings. The molecule has 94 valence electrons. The summed E-state index contributed by atoms with van der Waals surface area (Å²) in [5.74, 6) is -0.295. The first-order chi connectivity index (χ1) is 8.54. The summed E-state index contributed by atoms with van der Waals surface area (Å²) in [6, 6.07) is 5.63. The number of aromatic nitrogens is 2. The zero-order chi connectivity index (χ0) is 13.1. The summed E-state index contributed by atoms with van der Waals surface area (Å²) in [4.78, 5) is 11.7. The minimum Gasteiger partial charge on any atom is -0.382 e. The lowest BCUT2D eigenvalue weighted by Crippen LogP contribution is -2.19. The van der Waals surface area contributed by atoms with Crippen LogP contribution in [0.2, 0.25) is 0 Å². The molecule has 0 bridgehead atoms. The number of rotatable bonds is 3. The molecule has 0 aliphatic heterocycles. The van der Waals surface area contributed by atoms with E-state index in [-0.39, 0.29) is 18.3 Å². The van der Waals surface area contributed by atoms with E-state index < -0.39 is 0 Å². The van der Waals surface area contributed by atoms with Gasteiger partial charge in [-0.1, -0.05) is 0 Å². The number of nitrogens with two attached hydrogens (primary N) is 1. The van der Waals surface area contributed by atoms with Crippen molar-refractivity contribution in [1.82, 2.24) is 9.78 Å². The highest BCUT2D eigenvalue weighted by molar-refractivity contribution is 9.10. The van der Waals surface area contributed by atoms with Gasteiger partial charge in [0.2, 0.25) is 5.91 Å². The number of hydrogen-bond acceptors (Lipinski definition) is 3. The highest BCUT2D eigenvalue weighted by Crippen LogP contribution is 2.22. The van der Waals surface area contributed by atoms with Gasteiger partial charge in [0.25, 0.3) is 0 Å². The number of carbonyl (C=O) groups is 1. The number of amides is 1. The Morgan fingerprint density at radius 1 is 1.50 bits per heavy atom. The first-order valence-electron chi connectivity index (χ1n) is 5.08. The molecule has 2 rings (SSSR count). The molecule has 1 amide bonds. The third-order valence-electron chi connectivity index (χ3n) is 2.17. The SMILES string of the molecule is Nc1ccn(CC(=O)Nc2ccc(F)cc2Br)n1. The number of halogens is 2. The fourth-order valence-electron chi connectivity index (χ4n) is 1.39. The maximum atomic E-state index is 12.9. The Kier molecular flexibility index (Phi) is 3.61. The smallest absolute Gasteiger partial charge is 0.246 e. The van der Waals surface area contributed by atoms with Crippen molar-refractivity contribution in [3.05, 3.63) is 40.8 Å². The fourth-order valence-corrected chi connectivity index (χ4v) is 1.84. The maximum absolute atomic E-state index is 12.9. The van der Waals surface area contributed by atoms with Crippen LogP contribution in [0.5, 0.6) is 0 Å². The quantitative estimate of drug-likeness (QED) is 0.910. The third kappa shape index (κ3) is 3.07. The van der Waals surface area contributed by atoms with Gasteiger partial charge in [0.05, 0.1) is 5.69 Å². The van der Waals surface area contributed by atoms with Crippen LogP contribution in [0.15, 0.2) is 34.9 Å². The number of nitrogens with one attached hydrogen (secondary N) is 1. The van der Waals surface area contributed by atoms with Crippen molar-refractivity contribution in [2.24, 2.45) is 0 Å². The Morgan fingerprint density at radius 3 is 2.89 bits per heavy atom. The number of benzene rings is 1. The molecule has 0 radical (unpaired) electrons. The average Bonchev–Trinajstić information content (AvgIpc) is 2.68. The van der Waals surface area contributed by atoms with Gasteiger partial charge in [-0.25, -0.2) is 4.39 Å². The summed E-state index contributed by atoms with van der Waals surface area (Å²) >= 11 is 3.17. The number of nitrogens with zero attached hydrogens (tertiary/aromatic N) is 2. The number of anilines is 2. The largest absolute Gasteiger partial charge is 0.382 e. The van der Waals surface area contributed by atoms with Crippen molar-refractivity contribution in [3.8, 4) is 0 Å². The molecule has 7 heteroatoms. The van der Waals surface area contributed by atoms with Crippen molar-refractivity contribution >= 4 is 33.3 Å². The average molecular weight is 313 g/mol. The molecule has 3 N–H and O–H groups in total. The summed E-state index contributed by atoms with van der Waals surface area (Å²) in [6.07, 6.45) is 1.61. The summed E-state index contributed by atoms with van der Waals surface area (Å²) < 4.78 is 14.8. The predicted molar refractivity (Wildman–Crippen MR) is 69.4 cm³/mol. The van der Waals surface area contributed by atoms with E-state index in [1.807, 2.05) is 0 Å². The van der Waals surface area contributed by atoms with Gasteiger partial charge in [0, 0.05) is 10.7 Å². The maximum Gasteiger partial charge on any atom is 0.246 e. The molecule has 0 atom stereocenters. The van der Waals surface area contributed by atoms with Gasteiger partial charge in [-0.3, -0.25) is 9.48 Å². The van der Waals surface area contributed by atoms with Crippen molar-refractivity contribution in [2.75, 3.05) is 11.1 Å². The predicted octanol–water partition coefficient (Wildman–Crippen LogP) is 2.01. The van der Waals surface area contributed by atoms with Crippen molar-refractivity contribution in [3.63, 3.8) is 0 Å². The van der Waals surface area contributed by atoms with Crippen LogP contribution < -0.4 is 11.1 Å².